The summed E-state index contributed by atoms with van der Waals surface area (Å²) in [5, 5.41) is 3.06. The minimum Gasteiger partial charge on any atom is -0.432 e. The number of benzene rings is 1. The molecule has 0 aliphatic heterocycles. The Kier molecular flexibility index (Phi) is 5.71. The van der Waals surface area contributed by atoms with Crippen LogP contribution in [0.25, 0.3) is 0 Å². The first-order chi connectivity index (χ1) is 9.60. The molecule has 0 atom stereocenters. The largest absolute Gasteiger partial charge is 0.432 e. The molecule has 4 nitrogen and oxygen atoms in total. The third-order valence-corrected chi connectivity index (χ3v) is 2.82. The van der Waals surface area contributed by atoms with Crippen LogP contribution in [0.4, 0.5) is 24.5 Å². The molecule has 0 aromatic heterocycles. The molecular weight excluding hydrogens is 283 g/mol. The van der Waals surface area contributed by atoms with Crippen molar-refractivity contribution in [3.63, 3.8) is 0 Å². The zero-order valence-electron chi connectivity index (χ0n) is 12.7. The maximum atomic E-state index is 13.5. The van der Waals surface area contributed by atoms with E-state index < -0.39 is 18.2 Å². The molecule has 0 amide bonds. The molecule has 0 fully saturated rings. The lowest BCUT2D eigenvalue weighted by Crippen LogP contribution is -2.34. The van der Waals surface area contributed by atoms with Crippen LogP contribution < -0.4 is 15.8 Å². The van der Waals surface area contributed by atoms with E-state index in [-0.39, 0.29) is 11.1 Å². The van der Waals surface area contributed by atoms with Gasteiger partial charge in [-0.15, -0.1) is 0 Å². The second kappa shape index (κ2) is 6.89. The molecule has 0 radical (unpaired) electrons. The Hall–Kier alpha value is -1.63. The highest BCUT2D eigenvalue weighted by Crippen LogP contribution is 2.30. The number of nitrogens with two attached hydrogens (primary N) is 1. The van der Waals surface area contributed by atoms with Gasteiger partial charge in [-0.1, -0.05) is 13.8 Å². The monoisotopic (exact) mass is 305 g/mol. The smallest absolute Gasteiger partial charge is 0.387 e. The van der Waals surface area contributed by atoms with Crippen LogP contribution in [0.2, 0.25) is 0 Å². The van der Waals surface area contributed by atoms with E-state index in [4.69, 9.17) is 5.73 Å². The fourth-order valence-electron chi connectivity index (χ4n) is 2.15. The molecule has 120 valence electrons. The van der Waals surface area contributed by atoms with Gasteiger partial charge in [0.2, 0.25) is 0 Å². The Morgan fingerprint density at radius 3 is 2.48 bits per heavy atom. The molecule has 21 heavy (non-hydrogen) atoms. The van der Waals surface area contributed by atoms with Crippen molar-refractivity contribution in [3.05, 3.63) is 17.9 Å². The number of nitrogens with one attached hydrogen (secondary N) is 1. The summed E-state index contributed by atoms with van der Waals surface area (Å²) in [6, 6.07) is 2.13. The highest BCUT2D eigenvalue weighted by molar-refractivity contribution is 5.68. The summed E-state index contributed by atoms with van der Waals surface area (Å²) < 4.78 is 42.0. The average Bonchev–Trinajstić information content (AvgIpc) is 2.29. The SMILES string of the molecule is CN(C)CC(C)(C)CNc1cc(OC(F)F)c(F)cc1N. The highest BCUT2D eigenvalue weighted by atomic mass is 19.3. The lowest BCUT2D eigenvalue weighted by Gasteiger charge is -2.29. The van der Waals surface area contributed by atoms with Gasteiger partial charge in [-0.2, -0.15) is 8.78 Å². The molecule has 0 aliphatic carbocycles. The topological polar surface area (TPSA) is 50.5 Å². The molecule has 0 spiro atoms. The number of ether oxygens (including phenoxy) is 1. The predicted molar refractivity (Wildman–Crippen MR) is 78.3 cm³/mol. The van der Waals surface area contributed by atoms with Crippen molar-refractivity contribution >= 4 is 11.4 Å². The second-order valence-electron chi connectivity index (χ2n) is 6.00. The second-order valence-corrected chi connectivity index (χ2v) is 6.00. The van der Waals surface area contributed by atoms with Crippen LogP contribution in [0.1, 0.15) is 13.8 Å². The van der Waals surface area contributed by atoms with Crippen molar-refractivity contribution in [2.75, 3.05) is 38.2 Å². The molecule has 1 aromatic rings. The normalized spacial score (nSPS) is 12.0. The number of nitrogens with zero attached hydrogens (tertiary/aromatic N) is 1. The zero-order chi connectivity index (χ0) is 16.2. The van der Waals surface area contributed by atoms with Crippen LogP contribution in [0, 0.1) is 11.2 Å². The molecule has 7 heteroatoms. The third kappa shape index (κ3) is 5.71. The predicted octanol–water partition coefficient (Wildman–Crippen LogP) is 3.01. The Balaban J connectivity index is 2.83. The maximum Gasteiger partial charge on any atom is 0.387 e. The molecule has 0 heterocycles. The number of halogens is 3. The van der Waals surface area contributed by atoms with Crippen molar-refractivity contribution in [1.82, 2.24) is 4.90 Å². The summed E-state index contributed by atoms with van der Waals surface area (Å²) in [5.74, 6) is -1.43. The molecule has 0 unspecified atom stereocenters. The lowest BCUT2D eigenvalue weighted by molar-refractivity contribution is -0.0521. The highest BCUT2D eigenvalue weighted by Gasteiger charge is 2.20. The van der Waals surface area contributed by atoms with Crippen LogP contribution in [0.5, 0.6) is 5.75 Å². The lowest BCUT2D eigenvalue weighted by atomic mass is 9.93. The van der Waals surface area contributed by atoms with Crippen molar-refractivity contribution in [3.8, 4) is 5.75 Å². The van der Waals surface area contributed by atoms with Gasteiger partial charge >= 0.3 is 6.61 Å². The average molecular weight is 305 g/mol. The Bertz CT molecular complexity index is 479. The summed E-state index contributed by atoms with van der Waals surface area (Å²) in [4.78, 5) is 2.04. The van der Waals surface area contributed by atoms with Gasteiger partial charge in [0.25, 0.3) is 0 Å². The van der Waals surface area contributed by atoms with E-state index in [0.29, 0.717) is 12.2 Å². The first-order valence-electron chi connectivity index (χ1n) is 6.53. The van der Waals surface area contributed by atoms with E-state index in [1.807, 2.05) is 19.0 Å². The quantitative estimate of drug-likeness (QED) is 0.760. The Labute approximate surface area is 123 Å². The van der Waals surface area contributed by atoms with Crippen LogP contribution >= 0.6 is 0 Å². The van der Waals surface area contributed by atoms with E-state index in [1.165, 1.54) is 0 Å². The van der Waals surface area contributed by atoms with Gasteiger partial charge < -0.3 is 20.7 Å². The Morgan fingerprint density at radius 1 is 1.33 bits per heavy atom. The summed E-state index contributed by atoms with van der Waals surface area (Å²) in [6.45, 7) is 2.39. The number of rotatable bonds is 7. The van der Waals surface area contributed by atoms with Gasteiger partial charge in [-0.25, -0.2) is 4.39 Å². The van der Waals surface area contributed by atoms with Crippen LogP contribution in [0.3, 0.4) is 0 Å². The van der Waals surface area contributed by atoms with Gasteiger partial charge in [0, 0.05) is 25.2 Å². The minimum atomic E-state index is -3.08. The number of hydrogen-bond acceptors (Lipinski definition) is 4. The molecule has 0 saturated carbocycles. The summed E-state index contributed by atoms with van der Waals surface area (Å²) in [5.41, 5.74) is 6.14. The third-order valence-electron chi connectivity index (χ3n) is 2.82. The zero-order valence-corrected chi connectivity index (χ0v) is 12.7. The van der Waals surface area contributed by atoms with Crippen LogP contribution in [-0.4, -0.2) is 38.7 Å². The first-order valence-corrected chi connectivity index (χ1v) is 6.53. The summed E-state index contributed by atoms with van der Waals surface area (Å²) >= 11 is 0. The van der Waals surface area contributed by atoms with E-state index in [0.717, 1.165) is 18.7 Å². The standard InChI is InChI=1S/C14H22F3N3O/c1-14(2,8-20(3)4)7-19-11-6-12(21-13(16)17)9(15)5-10(11)18/h5-6,13,19H,7-8,18H2,1-4H3. The molecule has 0 bridgehead atoms. The molecule has 1 aromatic carbocycles. The van der Waals surface area contributed by atoms with Crippen molar-refractivity contribution in [2.24, 2.45) is 5.41 Å². The minimum absolute atomic E-state index is 0.0753. The molecular formula is C14H22F3N3O. The van der Waals surface area contributed by atoms with Crippen molar-refractivity contribution in [1.29, 1.82) is 0 Å². The number of anilines is 2. The van der Waals surface area contributed by atoms with Crippen LogP contribution in [-0.2, 0) is 0 Å². The molecule has 0 saturated heterocycles. The van der Waals surface area contributed by atoms with Crippen LogP contribution in [0.15, 0.2) is 12.1 Å². The van der Waals surface area contributed by atoms with E-state index in [9.17, 15) is 13.2 Å². The molecule has 3 N–H and O–H groups in total. The van der Waals surface area contributed by atoms with Crippen molar-refractivity contribution in [2.45, 2.75) is 20.5 Å². The van der Waals surface area contributed by atoms with E-state index >= 15 is 0 Å². The van der Waals surface area contributed by atoms with Gasteiger partial charge in [0.05, 0.1) is 11.4 Å². The fourth-order valence-corrected chi connectivity index (χ4v) is 2.15. The van der Waals surface area contributed by atoms with Gasteiger partial charge in [-0.05, 0) is 19.5 Å². The maximum absolute atomic E-state index is 13.5. The first kappa shape index (κ1) is 17.4. The summed E-state index contributed by atoms with van der Waals surface area (Å²) in [6.07, 6.45) is 0. The van der Waals surface area contributed by atoms with E-state index in [1.54, 1.807) is 0 Å². The van der Waals surface area contributed by atoms with Gasteiger partial charge in [0.1, 0.15) is 0 Å². The van der Waals surface area contributed by atoms with Gasteiger partial charge in [0.15, 0.2) is 11.6 Å². The summed E-state index contributed by atoms with van der Waals surface area (Å²) in [7, 11) is 3.92. The molecule has 0 aliphatic rings. The Morgan fingerprint density at radius 2 is 1.95 bits per heavy atom. The fraction of sp³-hybridized carbons (Fsp3) is 0.571. The number of alkyl halides is 2. The number of nitrogen functional groups attached to an aromatic ring is 1. The van der Waals surface area contributed by atoms with Crippen molar-refractivity contribution < 1.29 is 17.9 Å². The molecule has 1 rings (SSSR count). The number of hydrogen-bond donors (Lipinski definition) is 2. The van der Waals surface area contributed by atoms with Gasteiger partial charge in [-0.3, -0.25) is 0 Å². The van der Waals surface area contributed by atoms with E-state index in [2.05, 4.69) is 23.9 Å².